The lowest BCUT2D eigenvalue weighted by Crippen LogP contribution is -1.87. The van der Waals surface area contributed by atoms with Gasteiger partial charge in [0.15, 0.2) is 0 Å². The van der Waals surface area contributed by atoms with E-state index in [1.54, 1.807) is 0 Å². The minimum Gasteiger partial charge on any atom is -0.310 e. The monoisotopic (exact) mass is 111 g/mol. The fraction of sp³-hybridized carbons (Fsp3) is 0.571. The number of nitrogens with one attached hydrogen (secondary N) is 1. The fourth-order valence-electron chi connectivity index (χ4n) is 0.520. The van der Waals surface area contributed by atoms with Gasteiger partial charge in [0.2, 0.25) is 0 Å². The van der Waals surface area contributed by atoms with Gasteiger partial charge in [-0.05, 0) is 20.8 Å². The highest BCUT2D eigenvalue weighted by Gasteiger charge is 1.87. The second kappa shape index (κ2) is 3.42. The van der Waals surface area contributed by atoms with Crippen LogP contribution in [0.5, 0.6) is 0 Å². The Morgan fingerprint density at radius 2 is 2.00 bits per heavy atom. The van der Waals surface area contributed by atoms with Gasteiger partial charge >= 0.3 is 0 Å². The first kappa shape index (κ1) is 7.41. The first-order valence-electron chi connectivity index (χ1n) is 2.82. The van der Waals surface area contributed by atoms with Crippen LogP contribution in [-0.2, 0) is 0 Å². The largest absolute Gasteiger partial charge is 0.310 e. The molecule has 46 valence electrons. The molecule has 0 spiro atoms. The van der Waals surface area contributed by atoms with Crippen molar-refractivity contribution in [2.24, 2.45) is 0 Å². The Balaban J connectivity index is 3.56. The molecule has 0 fully saturated rings. The van der Waals surface area contributed by atoms with Crippen LogP contribution in [0.15, 0.2) is 11.6 Å². The van der Waals surface area contributed by atoms with Crippen LogP contribution in [0, 0.1) is 5.41 Å². The zero-order valence-electron chi connectivity index (χ0n) is 5.78. The summed E-state index contributed by atoms with van der Waals surface area (Å²) in [7, 11) is 0. The highest BCUT2D eigenvalue weighted by atomic mass is 14.4. The second-order valence-electron chi connectivity index (χ2n) is 2.09. The Morgan fingerprint density at radius 1 is 1.50 bits per heavy atom. The van der Waals surface area contributed by atoms with Gasteiger partial charge in [-0.2, -0.15) is 0 Å². The molecule has 1 N–H and O–H groups in total. The first-order valence-corrected chi connectivity index (χ1v) is 2.82. The molecule has 0 aromatic carbocycles. The van der Waals surface area contributed by atoms with E-state index < -0.39 is 0 Å². The highest BCUT2D eigenvalue weighted by molar-refractivity contribution is 5.80. The van der Waals surface area contributed by atoms with Crippen LogP contribution >= 0.6 is 0 Å². The highest BCUT2D eigenvalue weighted by Crippen LogP contribution is 1.98. The maximum atomic E-state index is 7.09. The summed E-state index contributed by atoms with van der Waals surface area (Å²) in [6.45, 7) is 5.86. The number of allylic oxidation sites excluding steroid dienone is 2. The molecule has 0 amide bonds. The molecule has 8 heavy (non-hydrogen) atoms. The van der Waals surface area contributed by atoms with Crippen LogP contribution in [0.4, 0.5) is 0 Å². The lowest BCUT2D eigenvalue weighted by atomic mass is 10.1. The summed E-state index contributed by atoms with van der Waals surface area (Å²) in [5.74, 6) is 0. The summed E-state index contributed by atoms with van der Waals surface area (Å²) in [4.78, 5) is 0. The average Bonchev–Trinajstić information content (AvgIpc) is 1.65. The lowest BCUT2D eigenvalue weighted by Gasteiger charge is -1.94. The van der Waals surface area contributed by atoms with Gasteiger partial charge < -0.3 is 5.41 Å². The van der Waals surface area contributed by atoms with Crippen molar-refractivity contribution < 1.29 is 0 Å². The zero-order valence-corrected chi connectivity index (χ0v) is 5.78. The SMILES string of the molecule is C/C=C(/C)CC(C)=N. The molecule has 0 saturated carbocycles. The maximum Gasteiger partial charge on any atom is 0.00984 e. The van der Waals surface area contributed by atoms with Crippen molar-refractivity contribution in [1.82, 2.24) is 0 Å². The predicted octanol–water partition coefficient (Wildman–Crippen LogP) is 2.38. The van der Waals surface area contributed by atoms with Crippen molar-refractivity contribution in [3.8, 4) is 0 Å². The van der Waals surface area contributed by atoms with Gasteiger partial charge in [0.25, 0.3) is 0 Å². The Bertz CT molecular complexity index is 112. The molecular weight excluding hydrogens is 98.1 g/mol. The van der Waals surface area contributed by atoms with Crippen LogP contribution < -0.4 is 0 Å². The van der Waals surface area contributed by atoms with Gasteiger partial charge in [-0.25, -0.2) is 0 Å². The van der Waals surface area contributed by atoms with E-state index in [4.69, 9.17) is 5.41 Å². The third kappa shape index (κ3) is 3.59. The summed E-state index contributed by atoms with van der Waals surface area (Å²) in [5, 5.41) is 7.09. The van der Waals surface area contributed by atoms with E-state index in [1.165, 1.54) is 5.57 Å². The summed E-state index contributed by atoms with van der Waals surface area (Å²) in [6.07, 6.45) is 2.87. The third-order valence-corrected chi connectivity index (χ3v) is 1.04. The van der Waals surface area contributed by atoms with Crippen molar-refractivity contribution in [2.75, 3.05) is 0 Å². The van der Waals surface area contributed by atoms with E-state index in [0.717, 1.165) is 12.1 Å². The molecule has 0 aliphatic heterocycles. The molecule has 0 aliphatic carbocycles. The van der Waals surface area contributed by atoms with Crippen LogP contribution in [0.3, 0.4) is 0 Å². The zero-order chi connectivity index (χ0) is 6.57. The number of hydrogen-bond donors (Lipinski definition) is 1. The Hall–Kier alpha value is -0.590. The Labute approximate surface area is 50.9 Å². The van der Waals surface area contributed by atoms with E-state index in [1.807, 2.05) is 26.8 Å². The molecule has 0 atom stereocenters. The van der Waals surface area contributed by atoms with Gasteiger partial charge in [-0.1, -0.05) is 11.6 Å². The Morgan fingerprint density at radius 3 is 2.12 bits per heavy atom. The maximum absolute atomic E-state index is 7.09. The molecule has 0 heterocycles. The average molecular weight is 111 g/mol. The summed E-state index contributed by atoms with van der Waals surface area (Å²) >= 11 is 0. The van der Waals surface area contributed by atoms with Crippen LogP contribution in [-0.4, -0.2) is 5.71 Å². The van der Waals surface area contributed by atoms with Crippen molar-refractivity contribution in [1.29, 1.82) is 5.41 Å². The quantitative estimate of drug-likeness (QED) is 0.418. The minimum absolute atomic E-state index is 0.737. The molecule has 0 saturated heterocycles. The number of rotatable bonds is 2. The predicted molar refractivity (Wildman–Crippen MR) is 37.4 cm³/mol. The third-order valence-electron chi connectivity index (χ3n) is 1.04. The molecule has 0 aromatic heterocycles. The Kier molecular flexibility index (Phi) is 3.16. The smallest absolute Gasteiger partial charge is 0.00984 e. The van der Waals surface area contributed by atoms with E-state index in [0.29, 0.717) is 0 Å². The van der Waals surface area contributed by atoms with Gasteiger partial charge in [-0.3, -0.25) is 0 Å². The standard InChI is InChI=1S/C7H13N/c1-4-6(2)5-7(3)8/h4,8H,5H2,1-3H3/b6-4-,8-7?. The van der Waals surface area contributed by atoms with Gasteiger partial charge in [0.05, 0.1) is 0 Å². The first-order chi connectivity index (χ1) is 3.66. The van der Waals surface area contributed by atoms with Crippen molar-refractivity contribution in [3.63, 3.8) is 0 Å². The summed E-state index contributed by atoms with van der Waals surface area (Å²) in [5.41, 5.74) is 2.01. The van der Waals surface area contributed by atoms with E-state index in [2.05, 4.69) is 0 Å². The topological polar surface area (TPSA) is 23.9 Å². The van der Waals surface area contributed by atoms with E-state index in [-0.39, 0.29) is 0 Å². The van der Waals surface area contributed by atoms with Crippen LogP contribution in [0.25, 0.3) is 0 Å². The van der Waals surface area contributed by atoms with Gasteiger partial charge in [0.1, 0.15) is 0 Å². The molecule has 0 aliphatic rings. The normalized spacial score (nSPS) is 11.6. The van der Waals surface area contributed by atoms with Gasteiger partial charge in [0, 0.05) is 12.1 Å². The molecule has 1 heteroatoms. The van der Waals surface area contributed by atoms with Crippen molar-refractivity contribution in [2.45, 2.75) is 27.2 Å². The molecular formula is C7H13N. The summed E-state index contributed by atoms with van der Waals surface area (Å²) in [6, 6.07) is 0. The van der Waals surface area contributed by atoms with Crippen molar-refractivity contribution in [3.05, 3.63) is 11.6 Å². The lowest BCUT2D eigenvalue weighted by molar-refractivity contribution is 1.21. The molecule has 0 aromatic rings. The molecule has 0 rings (SSSR count). The molecule has 0 radical (unpaired) electrons. The van der Waals surface area contributed by atoms with Crippen molar-refractivity contribution >= 4 is 5.71 Å². The van der Waals surface area contributed by atoms with Crippen LogP contribution in [0.2, 0.25) is 0 Å². The van der Waals surface area contributed by atoms with Gasteiger partial charge in [-0.15, -0.1) is 0 Å². The number of hydrogen-bond acceptors (Lipinski definition) is 1. The van der Waals surface area contributed by atoms with Crippen LogP contribution in [0.1, 0.15) is 27.2 Å². The second-order valence-corrected chi connectivity index (χ2v) is 2.09. The fourth-order valence-corrected chi connectivity index (χ4v) is 0.520. The van der Waals surface area contributed by atoms with E-state index in [9.17, 15) is 0 Å². The van der Waals surface area contributed by atoms with E-state index >= 15 is 0 Å². The molecule has 0 bridgehead atoms. The minimum atomic E-state index is 0.737. The molecule has 1 nitrogen and oxygen atoms in total. The molecule has 0 unspecified atom stereocenters. The summed E-state index contributed by atoms with van der Waals surface area (Å²) < 4.78 is 0.